The maximum absolute atomic E-state index is 8.14. The lowest BCUT2D eigenvalue weighted by atomic mass is 10.3. The van der Waals surface area contributed by atoms with Gasteiger partial charge in [-0.3, -0.25) is 0 Å². The molecule has 0 spiro atoms. The molecule has 7 nitrogen and oxygen atoms in total. The summed E-state index contributed by atoms with van der Waals surface area (Å²) in [6.07, 6.45) is 1.08. The summed E-state index contributed by atoms with van der Waals surface area (Å²) in [5.74, 6) is 0. The predicted octanol–water partition coefficient (Wildman–Crippen LogP) is -2.93. The zero-order valence-corrected chi connectivity index (χ0v) is 4.25. The molecule has 0 unspecified atom stereocenters. The second-order valence-electron chi connectivity index (χ2n) is 1.14. The summed E-state index contributed by atoms with van der Waals surface area (Å²) in [7, 11) is -1.89. The number of aromatic nitrogens is 4. The van der Waals surface area contributed by atoms with Crippen molar-refractivity contribution < 1.29 is 14.8 Å². The molecule has 0 aromatic carbocycles. The summed E-state index contributed by atoms with van der Waals surface area (Å²) in [5, 5.41) is 25.8. The normalized spacial score (nSPS) is 9.11. The Kier molecular flexibility index (Phi) is 1.61. The van der Waals surface area contributed by atoms with Crippen LogP contribution in [0.2, 0.25) is 0 Å². The molecule has 0 aliphatic heterocycles. The molecule has 9 heavy (non-hydrogen) atoms. The summed E-state index contributed by atoms with van der Waals surface area (Å²) >= 11 is 0. The fourth-order valence-electron chi connectivity index (χ4n) is 0.298. The van der Waals surface area contributed by atoms with E-state index in [9.17, 15) is 0 Å². The molecule has 1 aromatic rings. The van der Waals surface area contributed by atoms with E-state index in [2.05, 4.69) is 20.3 Å². The van der Waals surface area contributed by atoms with Gasteiger partial charge in [0.25, 0.3) is 0 Å². The van der Waals surface area contributed by atoms with Crippen molar-refractivity contribution >= 4 is 7.32 Å². The van der Waals surface area contributed by atoms with Gasteiger partial charge < -0.3 is 14.8 Å². The quantitative estimate of drug-likeness (QED) is 0.416. The fourth-order valence-corrected chi connectivity index (χ4v) is 0.298. The molecule has 0 bridgehead atoms. The van der Waals surface area contributed by atoms with Crippen LogP contribution in [0.5, 0.6) is 0 Å². The van der Waals surface area contributed by atoms with Crippen LogP contribution < -0.4 is 4.76 Å². The van der Waals surface area contributed by atoms with Crippen LogP contribution in [0.3, 0.4) is 0 Å². The first kappa shape index (κ1) is 5.98. The van der Waals surface area contributed by atoms with Crippen LogP contribution in [0.4, 0.5) is 0 Å². The van der Waals surface area contributed by atoms with E-state index in [1.165, 1.54) is 0 Å². The Hall–Kier alpha value is -1.15. The average Bonchev–Trinajstić information content (AvgIpc) is 2.15. The molecular weight excluding hydrogens is 127 g/mol. The highest BCUT2D eigenvalue weighted by Gasteiger charge is 2.11. The van der Waals surface area contributed by atoms with E-state index in [1.54, 1.807) is 0 Å². The van der Waals surface area contributed by atoms with Gasteiger partial charge in [-0.05, 0) is 10.4 Å². The first-order valence-electron chi connectivity index (χ1n) is 2.05. The Morgan fingerprint density at radius 1 is 1.56 bits per heavy atom. The first-order valence-corrected chi connectivity index (χ1v) is 2.05. The van der Waals surface area contributed by atoms with Crippen molar-refractivity contribution in [2.24, 2.45) is 0 Å². The van der Waals surface area contributed by atoms with Crippen molar-refractivity contribution in [2.45, 2.75) is 0 Å². The minimum atomic E-state index is -1.89. The number of nitrogens with zero attached hydrogens (tertiary/aromatic N) is 4. The zero-order chi connectivity index (χ0) is 6.69. The van der Waals surface area contributed by atoms with E-state index in [0.717, 1.165) is 11.2 Å². The van der Waals surface area contributed by atoms with Gasteiger partial charge in [0.05, 0.1) is 0 Å². The van der Waals surface area contributed by atoms with Crippen molar-refractivity contribution in [2.75, 3.05) is 0 Å². The van der Waals surface area contributed by atoms with Crippen LogP contribution >= 0.6 is 0 Å². The number of hydrogen-bond acceptors (Lipinski definition) is 6. The van der Waals surface area contributed by atoms with Gasteiger partial charge in [-0.1, -0.05) is 4.85 Å². The Balaban J connectivity index is 2.48. The minimum absolute atomic E-state index is 0.727. The van der Waals surface area contributed by atoms with Gasteiger partial charge in [0.1, 0.15) is 0 Å². The largest absolute Gasteiger partial charge is 0.729 e. The van der Waals surface area contributed by atoms with E-state index < -0.39 is 7.32 Å². The van der Waals surface area contributed by atoms with E-state index in [4.69, 9.17) is 10.0 Å². The molecule has 48 valence electrons. The lowest BCUT2D eigenvalue weighted by molar-refractivity contribution is 0.137. The number of rotatable bonds is 2. The molecule has 0 amide bonds. The molecule has 0 saturated carbocycles. The van der Waals surface area contributed by atoms with E-state index in [-0.39, 0.29) is 0 Å². The lowest BCUT2D eigenvalue weighted by Crippen LogP contribution is -2.29. The van der Waals surface area contributed by atoms with Crippen LogP contribution in [0.1, 0.15) is 0 Å². The van der Waals surface area contributed by atoms with Gasteiger partial charge in [-0.15, -0.1) is 5.10 Å². The third-order valence-corrected chi connectivity index (χ3v) is 0.532. The predicted molar refractivity (Wildman–Crippen MR) is 24.6 cm³/mol. The van der Waals surface area contributed by atoms with Gasteiger partial charge in [0.2, 0.25) is 0 Å². The second kappa shape index (κ2) is 2.42. The third-order valence-electron chi connectivity index (χ3n) is 0.532. The highest BCUT2D eigenvalue weighted by atomic mass is 16.7. The van der Waals surface area contributed by atoms with Crippen LogP contribution in [0, 0.1) is 0 Å². The van der Waals surface area contributed by atoms with Gasteiger partial charge >= 0.3 is 7.32 Å². The maximum atomic E-state index is 8.14. The summed E-state index contributed by atoms with van der Waals surface area (Å²) < 4.78 is 4.15. The Morgan fingerprint density at radius 2 is 2.33 bits per heavy atom. The van der Waals surface area contributed by atoms with Crippen LogP contribution in [0.25, 0.3) is 0 Å². The minimum Gasteiger partial charge on any atom is -0.403 e. The fraction of sp³-hybridized carbons (Fsp3) is 0. The summed E-state index contributed by atoms with van der Waals surface area (Å²) in [4.78, 5) is 0.727. The molecule has 1 aromatic heterocycles. The highest BCUT2D eigenvalue weighted by Crippen LogP contribution is 1.69. The standard InChI is InChI=1S/CH3BN4O3/c7-2(8)9-6-1-3-4-5-6/h1,7-8H. The molecular formula is CH3BN4O3. The Labute approximate surface area is 50.0 Å². The number of hydrogen-bond donors (Lipinski definition) is 2. The number of tetrazole rings is 1. The highest BCUT2D eigenvalue weighted by molar-refractivity contribution is 6.32. The molecule has 1 rings (SSSR count). The van der Waals surface area contributed by atoms with Crippen LogP contribution in [0.15, 0.2) is 6.33 Å². The summed E-state index contributed by atoms with van der Waals surface area (Å²) in [6.45, 7) is 0. The summed E-state index contributed by atoms with van der Waals surface area (Å²) in [5.41, 5.74) is 0. The van der Waals surface area contributed by atoms with Crippen molar-refractivity contribution in [3.8, 4) is 0 Å². The van der Waals surface area contributed by atoms with E-state index in [0.29, 0.717) is 0 Å². The molecule has 2 N–H and O–H groups in total. The molecule has 0 fully saturated rings. The maximum Gasteiger partial charge on any atom is 0.729 e. The van der Waals surface area contributed by atoms with E-state index in [1.807, 2.05) is 0 Å². The topological polar surface area (TPSA) is 93.3 Å². The molecule has 0 aliphatic carbocycles. The molecule has 0 radical (unpaired) electrons. The monoisotopic (exact) mass is 130 g/mol. The van der Waals surface area contributed by atoms with Gasteiger partial charge in [0.15, 0.2) is 6.33 Å². The molecule has 0 aliphatic rings. The van der Waals surface area contributed by atoms with Gasteiger partial charge in [-0.25, -0.2) is 0 Å². The molecule has 8 heteroatoms. The second-order valence-corrected chi connectivity index (χ2v) is 1.14. The summed E-state index contributed by atoms with van der Waals surface area (Å²) in [6, 6.07) is 0. The lowest BCUT2D eigenvalue weighted by Gasteiger charge is -1.97. The zero-order valence-electron chi connectivity index (χ0n) is 4.25. The van der Waals surface area contributed by atoms with Crippen molar-refractivity contribution in [3.63, 3.8) is 0 Å². The van der Waals surface area contributed by atoms with Crippen molar-refractivity contribution in [1.82, 2.24) is 20.4 Å². The van der Waals surface area contributed by atoms with Crippen molar-refractivity contribution in [3.05, 3.63) is 6.33 Å². The third kappa shape index (κ3) is 1.66. The van der Waals surface area contributed by atoms with Gasteiger partial charge in [0, 0.05) is 0 Å². The molecule has 0 atom stereocenters. The SMILES string of the molecule is OB(O)On1cnnn1. The van der Waals surface area contributed by atoms with Crippen LogP contribution in [-0.2, 0) is 0 Å². The Bertz CT molecular complexity index is 162. The molecule has 1 heterocycles. The van der Waals surface area contributed by atoms with Crippen molar-refractivity contribution in [1.29, 1.82) is 0 Å². The van der Waals surface area contributed by atoms with Gasteiger partial charge in [-0.2, -0.15) is 0 Å². The van der Waals surface area contributed by atoms with Crippen LogP contribution in [-0.4, -0.2) is 37.7 Å². The molecule has 0 saturated heterocycles. The van der Waals surface area contributed by atoms with E-state index >= 15 is 0 Å². The smallest absolute Gasteiger partial charge is 0.403 e. The average molecular weight is 130 g/mol. The first-order chi connectivity index (χ1) is 4.29. The Morgan fingerprint density at radius 3 is 2.78 bits per heavy atom.